The van der Waals surface area contributed by atoms with Crippen LogP contribution in [0.4, 0.5) is 4.39 Å². The average molecular weight is 464 g/mol. The summed E-state index contributed by atoms with van der Waals surface area (Å²) >= 11 is 5.60. The molecule has 0 aliphatic carbocycles. The molecule has 0 spiro atoms. The van der Waals surface area contributed by atoms with E-state index in [1.54, 1.807) is 24.3 Å². The minimum Gasteiger partial charge on any atom is -0.491 e. The standard InChI is InChI=1S/C23H27ClFN3O4/c1-16(27-22(29)15-32-17-8-9-19(24)20(25)14-17)10-11-26-23(30)18-6-4-5-7-21(18)31-13-12-28(2)3/h4-9,14H,1,10-13,15H2,2-3H3,(H,26,30)(H,27,29). The molecular formula is C23H27ClFN3O4. The molecule has 0 aliphatic rings. The van der Waals surface area contributed by atoms with Crippen molar-refractivity contribution in [3.8, 4) is 11.5 Å². The highest BCUT2D eigenvalue weighted by Crippen LogP contribution is 2.20. The smallest absolute Gasteiger partial charge is 0.262 e. The van der Waals surface area contributed by atoms with Crippen molar-refractivity contribution in [1.29, 1.82) is 0 Å². The van der Waals surface area contributed by atoms with Gasteiger partial charge in [-0.3, -0.25) is 9.59 Å². The van der Waals surface area contributed by atoms with E-state index in [2.05, 4.69) is 17.2 Å². The van der Waals surface area contributed by atoms with E-state index < -0.39 is 11.7 Å². The number of amides is 2. The number of hydrogen-bond acceptors (Lipinski definition) is 5. The Hall–Kier alpha value is -3.10. The molecule has 7 nitrogen and oxygen atoms in total. The van der Waals surface area contributed by atoms with Crippen LogP contribution >= 0.6 is 11.6 Å². The molecule has 2 aromatic carbocycles. The van der Waals surface area contributed by atoms with Crippen molar-refractivity contribution < 1.29 is 23.5 Å². The van der Waals surface area contributed by atoms with Gasteiger partial charge in [-0.25, -0.2) is 4.39 Å². The second-order valence-electron chi connectivity index (χ2n) is 7.17. The van der Waals surface area contributed by atoms with Gasteiger partial charge in [0.05, 0.1) is 10.6 Å². The van der Waals surface area contributed by atoms with E-state index in [0.29, 0.717) is 30.0 Å². The number of ether oxygens (including phenoxy) is 2. The lowest BCUT2D eigenvalue weighted by atomic mass is 10.2. The number of halogens is 2. The largest absolute Gasteiger partial charge is 0.491 e. The summed E-state index contributed by atoms with van der Waals surface area (Å²) in [4.78, 5) is 26.5. The third-order valence-corrected chi connectivity index (χ3v) is 4.52. The van der Waals surface area contributed by atoms with Crippen LogP contribution in [0.5, 0.6) is 11.5 Å². The van der Waals surface area contributed by atoms with E-state index in [-0.39, 0.29) is 29.8 Å². The van der Waals surface area contributed by atoms with Crippen molar-refractivity contribution in [2.45, 2.75) is 6.42 Å². The quantitative estimate of drug-likeness (QED) is 0.505. The highest BCUT2D eigenvalue weighted by molar-refractivity contribution is 6.30. The Balaban J connectivity index is 1.73. The number of nitrogens with zero attached hydrogens (tertiary/aromatic N) is 1. The van der Waals surface area contributed by atoms with Gasteiger partial charge in [-0.2, -0.15) is 0 Å². The van der Waals surface area contributed by atoms with Gasteiger partial charge < -0.3 is 25.0 Å². The molecule has 172 valence electrons. The molecule has 0 saturated carbocycles. The van der Waals surface area contributed by atoms with E-state index >= 15 is 0 Å². The van der Waals surface area contributed by atoms with E-state index in [4.69, 9.17) is 21.1 Å². The number of hydrogen-bond donors (Lipinski definition) is 2. The van der Waals surface area contributed by atoms with Gasteiger partial charge in [0.15, 0.2) is 6.61 Å². The van der Waals surface area contributed by atoms with Crippen molar-refractivity contribution in [1.82, 2.24) is 15.5 Å². The van der Waals surface area contributed by atoms with E-state index in [9.17, 15) is 14.0 Å². The maximum atomic E-state index is 13.4. The fraction of sp³-hybridized carbons (Fsp3) is 0.304. The average Bonchev–Trinajstić information content (AvgIpc) is 2.74. The Morgan fingerprint density at radius 1 is 1.16 bits per heavy atom. The number of benzene rings is 2. The third-order valence-electron chi connectivity index (χ3n) is 4.22. The monoisotopic (exact) mass is 463 g/mol. The first-order valence-corrected chi connectivity index (χ1v) is 10.3. The van der Waals surface area contributed by atoms with Gasteiger partial charge in [-0.1, -0.05) is 30.3 Å². The normalized spacial score (nSPS) is 10.5. The zero-order chi connectivity index (χ0) is 23.5. The minimum atomic E-state index is -0.630. The summed E-state index contributed by atoms with van der Waals surface area (Å²) in [5.74, 6) is -0.662. The topological polar surface area (TPSA) is 79.9 Å². The highest BCUT2D eigenvalue weighted by atomic mass is 35.5. The Morgan fingerprint density at radius 2 is 1.91 bits per heavy atom. The number of carbonyl (C=O) groups excluding carboxylic acids is 2. The van der Waals surface area contributed by atoms with Gasteiger partial charge in [0.25, 0.3) is 11.8 Å². The van der Waals surface area contributed by atoms with E-state index in [0.717, 1.165) is 12.6 Å². The lowest BCUT2D eigenvalue weighted by Crippen LogP contribution is -2.31. The molecule has 32 heavy (non-hydrogen) atoms. The second kappa shape index (κ2) is 12.7. The van der Waals surface area contributed by atoms with Crippen LogP contribution in [0.25, 0.3) is 0 Å². The summed E-state index contributed by atoms with van der Waals surface area (Å²) in [6.45, 7) is 4.92. The number of rotatable bonds is 12. The molecule has 0 atom stereocenters. The summed E-state index contributed by atoms with van der Waals surface area (Å²) < 4.78 is 24.3. The molecule has 0 fully saturated rings. The summed E-state index contributed by atoms with van der Waals surface area (Å²) in [7, 11) is 3.88. The first-order chi connectivity index (χ1) is 15.3. The maximum Gasteiger partial charge on any atom is 0.262 e. The fourth-order valence-corrected chi connectivity index (χ4v) is 2.67. The van der Waals surface area contributed by atoms with Crippen molar-refractivity contribution in [3.63, 3.8) is 0 Å². The number of para-hydroxylation sites is 1. The molecule has 0 heterocycles. The van der Waals surface area contributed by atoms with Crippen LogP contribution in [0.1, 0.15) is 16.8 Å². The molecule has 2 N–H and O–H groups in total. The third kappa shape index (κ3) is 8.56. The molecule has 0 aliphatic heterocycles. The molecule has 9 heteroatoms. The van der Waals surface area contributed by atoms with Crippen LogP contribution in [-0.4, -0.2) is 57.1 Å². The van der Waals surface area contributed by atoms with Gasteiger partial charge in [-0.05, 0) is 38.4 Å². The second-order valence-corrected chi connectivity index (χ2v) is 7.58. The molecule has 0 aromatic heterocycles. The van der Waals surface area contributed by atoms with Crippen molar-refractivity contribution in [3.05, 3.63) is 71.1 Å². The highest BCUT2D eigenvalue weighted by Gasteiger charge is 2.12. The number of likely N-dealkylation sites (N-methyl/N-ethyl adjacent to an activating group) is 1. The molecule has 0 radical (unpaired) electrons. The maximum absolute atomic E-state index is 13.4. The molecule has 2 amide bonds. The molecule has 2 rings (SSSR count). The molecule has 2 aromatic rings. The minimum absolute atomic E-state index is 0.0278. The van der Waals surface area contributed by atoms with Crippen LogP contribution in [0, 0.1) is 5.82 Å². The summed E-state index contributed by atoms with van der Waals surface area (Å²) in [6, 6.07) is 10.9. The SMILES string of the molecule is C=C(CCNC(=O)c1ccccc1OCCN(C)C)NC(=O)COc1ccc(Cl)c(F)c1. The van der Waals surface area contributed by atoms with Crippen molar-refractivity contribution in [2.75, 3.05) is 40.4 Å². The Bertz CT molecular complexity index is 953. The lowest BCUT2D eigenvalue weighted by molar-refractivity contribution is -0.122. The summed E-state index contributed by atoms with van der Waals surface area (Å²) in [6.07, 6.45) is 0.330. The van der Waals surface area contributed by atoms with Crippen molar-refractivity contribution >= 4 is 23.4 Å². The Kier molecular flexibility index (Phi) is 9.97. The molecular weight excluding hydrogens is 437 g/mol. The van der Waals surface area contributed by atoms with Crippen LogP contribution < -0.4 is 20.1 Å². The summed E-state index contributed by atoms with van der Waals surface area (Å²) in [5.41, 5.74) is 0.848. The van der Waals surface area contributed by atoms with E-state index in [1.165, 1.54) is 12.1 Å². The van der Waals surface area contributed by atoms with Crippen molar-refractivity contribution in [2.24, 2.45) is 0 Å². The van der Waals surface area contributed by atoms with Gasteiger partial charge in [0.1, 0.15) is 23.9 Å². The zero-order valence-electron chi connectivity index (χ0n) is 18.1. The molecule has 0 bridgehead atoms. The number of carbonyl (C=O) groups is 2. The van der Waals surface area contributed by atoms with Crippen LogP contribution in [-0.2, 0) is 4.79 Å². The first kappa shape index (κ1) is 25.2. The fourth-order valence-electron chi connectivity index (χ4n) is 2.55. The molecule has 0 saturated heterocycles. The summed E-state index contributed by atoms with van der Waals surface area (Å²) in [5, 5.41) is 5.34. The van der Waals surface area contributed by atoms with E-state index in [1.807, 2.05) is 19.0 Å². The predicted molar refractivity (Wildman–Crippen MR) is 122 cm³/mol. The first-order valence-electron chi connectivity index (χ1n) is 9.96. The molecule has 0 unspecified atom stereocenters. The van der Waals surface area contributed by atoms with Crippen LogP contribution in [0.15, 0.2) is 54.7 Å². The lowest BCUT2D eigenvalue weighted by Gasteiger charge is -2.14. The van der Waals surface area contributed by atoms with Crippen LogP contribution in [0.2, 0.25) is 5.02 Å². The van der Waals surface area contributed by atoms with Gasteiger partial charge in [-0.15, -0.1) is 0 Å². The Labute approximate surface area is 192 Å². The van der Waals surface area contributed by atoms with Crippen LogP contribution in [0.3, 0.4) is 0 Å². The van der Waals surface area contributed by atoms with Gasteiger partial charge in [0, 0.05) is 31.3 Å². The van der Waals surface area contributed by atoms with Gasteiger partial charge >= 0.3 is 0 Å². The van der Waals surface area contributed by atoms with Gasteiger partial charge in [0.2, 0.25) is 0 Å². The zero-order valence-corrected chi connectivity index (χ0v) is 18.9. The predicted octanol–water partition coefficient (Wildman–Crippen LogP) is 3.25. The Morgan fingerprint density at radius 3 is 2.62 bits per heavy atom. The number of nitrogens with one attached hydrogen (secondary N) is 2.